The van der Waals surface area contributed by atoms with Gasteiger partial charge >= 0.3 is 0 Å². The highest BCUT2D eigenvalue weighted by molar-refractivity contribution is 7.14. The molecule has 2 aromatic rings. The van der Waals surface area contributed by atoms with Gasteiger partial charge < -0.3 is 14.9 Å². The van der Waals surface area contributed by atoms with E-state index in [1.54, 1.807) is 12.1 Å². The topological polar surface area (TPSA) is 88.3 Å². The second-order valence-electron chi connectivity index (χ2n) is 3.15. The van der Waals surface area contributed by atoms with Gasteiger partial charge in [0.15, 0.2) is 5.82 Å². The largest absolute Gasteiger partial charge is 0.384 e. The zero-order valence-corrected chi connectivity index (χ0v) is 10.0. The third-order valence-electron chi connectivity index (χ3n) is 1.93. The fraction of sp³-hybridized carbons (Fsp3) is 0.182. The molecule has 0 unspecified atom stereocenters. The van der Waals surface area contributed by atoms with Gasteiger partial charge in [-0.2, -0.15) is 4.98 Å². The predicted molar refractivity (Wildman–Crippen MR) is 63.8 cm³/mol. The lowest BCUT2D eigenvalue weighted by molar-refractivity contribution is 0.0953. The number of carbonyl (C=O) groups is 1. The maximum absolute atomic E-state index is 11.7. The summed E-state index contributed by atoms with van der Waals surface area (Å²) < 4.78 is 4.55. The summed E-state index contributed by atoms with van der Waals surface area (Å²) in [4.78, 5) is 16.8. The van der Waals surface area contributed by atoms with Crippen molar-refractivity contribution in [1.29, 1.82) is 0 Å². The van der Waals surface area contributed by atoms with Crippen molar-refractivity contribution in [2.45, 2.75) is 6.54 Å². The van der Waals surface area contributed by atoms with E-state index in [4.69, 9.17) is 5.11 Å². The minimum atomic E-state index is -0.221. The molecule has 0 spiro atoms. The van der Waals surface area contributed by atoms with Gasteiger partial charge in [0.2, 0.25) is 6.39 Å². The number of nitrogens with zero attached hydrogens (tertiary/aromatic N) is 2. The van der Waals surface area contributed by atoms with Gasteiger partial charge in [0, 0.05) is 0 Å². The van der Waals surface area contributed by atoms with E-state index in [2.05, 4.69) is 31.8 Å². The van der Waals surface area contributed by atoms with E-state index in [1.807, 2.05) is 0 Å². The number of hydrogen-bond acceptors (Lipinski definition) is 6. The van der Waals surface area contributed by atoms with Crippen LogP contribution in [-0.2, 0) is 6.54 Å². The average Bonchev–Trinajstić information content (AvgIpc) is 3.04. The Labute approximate surface area is 107 Å². The lowest BCUT2D eigenvalue weighted by Gasteiger charge is -1.98. The minimum absolute atomic E-state index is 0.197. The van der Waals surface area contributed by atoms with Crippen LogP contribution in [0.4, 0.5) is 0 Å². The molecule has 0 saturated carbocycles. The summed E-state index contributed by atoms with van der Waals surface area (Å²) in [5, 5.41) is 14.8. The van der Waals surface area contributed by atoms with Crippen LogP contribution in [0, 0.1) is 11.8 Å². The Kier molecular flexibility index (Phi) is 4.06. The van der Waals surface area contributed by atoms with Gasteiger partial charge in [-0.1, -0.05) is 17.0 Å². The lowest BCUT2D eigenvalue weighted by atomic mass is 10.4. The van der Waals surface area contributed by atoms with Crippen LogP contribution in [0.5, 0.6) is 0 Å². The van der Waals surface area contributed by atoms with Gasteiger partial charge in [0.05, 0.1) is 16.3 Å². The molecule has 0 bridgehead atoms. The number of thiophene rings is 1. The molecule has 0 aliphatic rings. The summed E-state index contributed by atoms with van der Waals surface area (Å²) in [7, 11) is 0. The summed E-state index contributed by atoms with van der Waals surface area (Å²) in [5.41, 5.74) is 0. The Bertz CT molecular complexity index is 580. The molecule has 92 valence electrons. The molecule has 1 amide bonds. The maximum Gasteiger partial charge on any atom is 0.261 e. The molecular weight excluding hydrogens is 254 g/mol. The number of aliphatic hydroxyl groups excluding tert-OH is 1. The molecule has 18 heavy (non-hydrogen) atoms. The molecule has 0 aliphatic carbocycles. The number of amides is 1. The van der Waals surface area contributed by atoms with E-state index in [1.165, 1.54) is 17.7 Å². The standard InChI is InChI=1S/C11H9N3O3S/c15-5-1-2-8-3-4-9(18-8)11(16)12-6-10-13-7-17-14-10/h3-4,7,15H,5-6H2,(H,12,16). The van der Waals surface area contributed by atoms with Crippen molar-refractivity contribution in [2.75, 3.05) is 6.61 Å². The molecule has 0 fully saturated rings. The van der Waals surface area contributed by atoms with Crippen LogP contribution in [0.3, 0.4) is 0 Å². The van der Waals surface area contributed by atoms with Crippen molar-refractivity contribution in [3.63, 3.8) is 0 Å². The summed E-state index contributed by atoms with van der Waals surface area (Å²) in [6, 6.07) is 3.41. The number of nitrogens with one attached hydrogen (secondary N) is 1. The van der Waals surface area contributed by atoms with Crippen molar-refractivity contribution >= 4 is 17.2 Å². The first-order chi connectivity index (χ1) is 8.79. The number of aliphatic hydroxyl groups is 1. The third-order valence-corrected chi connectivity index (χ3v) is 2.93. The van der Waals surface area contributed by atoms with Gasteiger partial charge in [0.25, 0.3) is 5.91 Å². The van der Waals surface area contributed by atoms with E-state index >= 15 is 0 Å². The van der Waals surface area contributed by atoms with Crippen molar-refractivity contribution in [2.24, 2.45) is 0 Å². The van der Waals surface area contributed by atoms with Gasteiger partial charge in [-0.05, 0) is 12.1 Å². The highest BCUT2D eigenvalue weighted by Gasteiger charge is 2.09. The number of hydrogen-bond donors (Lipinski definition) is 2. The van der Waals surface area contributed by atoms with Crippen molar-refractivity contribution in [3.05, 3.63) is 34.1 Å². The van der Waals surface area contributed by atoms with E-state index in [9.17, 15) is 4.79 Å². The maximum atomic E-state index is 11.7. The predicted octanol–water partition coefficient (Wildman–Crippen LogP) is 0.405. The first-order valence-corrected chi connectivity index (χ1v) is 5.84. The molecule has 7 heteroatoms. The Morgan fingerprint density at radius 3 is 3.17 bits per heavy atom. The fourth-order valence-electron chi connectivity index (χ4n) is 1.17. The van der Waals surface area contributed by atoms with Crippen LogP contribution in [0.15, 0.2) is 23.0 Å². The van der Waals surface area contributed by atoms with Crippen LogP contribution < -0.4 is 5.32 Å². The molecular formula is C11H9N3O3S. The van der Waals surface area contributed by atoms with E-state index in [0.717, 1.165) is 4.88 Å². The smallest absolute Gasteiger partial charge is 0.261 e. The Hall–Kier alpha value is -2.17. The third kappa shape index (κ3) is 3.16. The van der Waals surface area contributed by atoms with Crippen LogP contribution in [0.25, 0.3) is 0 Å². The summed E-state index contributed by atoms with van der Waals surface area (Å²) in [6.07, 6.45) is 1.20. The molecule has 0 saturated heterocycles. The van der Waals surface area contributed by atoms with Crippen LogP contribution in [-0.4, -0.2) is 27.8 Å². The van der Waals surface area contributed by atoms with Gasteiger partial charge in [-0.25, -0.2) is 0 Å². The molecule has 0 aliphatic heterocycles. The highest BCUT2D eigenvalue weighted by atomic mass is 32.1. The summed E-state index contributed by atoms with van der Waals surface area (Å²) >= 11 is 1.26. The highest BCUT2D eigenvalue weighted by Crippen LogP contribution is 2.15. The van der Waals surface area contributed by atoms with Gasteiger partial charge in [-0.3, -0.25) is 4.79 Å². The Morgan fingerprint density at radius 1 is 1.56 bits per heavy atom. The molecule has 2 aromatic heterocycles. The lowest BCUT2D eigenvalue weighted by Crippen LogP contribution is -2.22. The molecule has 6 nitrogen and oxygen atoms in total. The molecule has 2 heterocycles. The van der Waals surface area contributed by atoms with Gasteiger partial charge in [-0.15, -0.1) is 11.3 Å². The van der Waals surface area contributed by atoms with E-state index < -0.39 is 0 Å². The first-order valence-electron chi connectivity index (χ1n) is 5.02. The zero-order valence-electron chi connectivity index (χ0n) is 9.21. The Balaban J connectivity index is 1.94. The van der Waals surface area contributed by atoms with Gasteiger partial charge in [0.1, 0.15) is 6.61 Å². The van der Waals surface area contributed by atoms with Crippen LogP contribution >= 0.6 is 11.3 Å². The fourth-order valence-corrected chi connectivity index (χ4v) is 1.97. The monoisotopic (exact) mass is 263 g/mol. The second-order valence-corrected chi connectivity index (χ2v) is 4.24. The molecule has 0 atom stereocenters. The molecule has 0 aromatic carbocycles. The number of rotatable bonds is 3. The van der Waals surface area contributed by atoms with Crippen molar-refractivity contribution in [3.8, 4) is 11.8 Å². The minimum Gasteiger partial charge on any atom is -0.384 e. The molecule has 2 rings (SSSR count). The SMILES string of the molecule is O=C(NCc1ncon1)c1ccc(C#CCO)s1. The van der Waals surface area contributed by atoms with E-state index in [0.29, 0.717) is 10.7 Å². The number of carbonyl (C=O) groups excluding carboxylic acids is 1. The van der Waals surface area contributed by atoms with Crippen molar-refractivity contribution < 1.29 is 14.4 Å². The quantitative estimate of drug-likeness (QED) is 0.783. The summed E-state index contributed by atoms with van der Waals surface area (Å²) in [6.45, 7) is 0.0160. The summed E-state index contributed by atoms with van der Waals surface area (Å²) in [5.74, 6) is 5.46. The zero-order chi connectivity index (χ0) is 12.8. The normalized spacial score (nSPS) is 9.61. The molecule has 0 radical (unpaired) electrons. The van der Waals surface area contributed by atoms with Crippen LogP contribution in [0.1, 0.15) is 20.4 Å². The van der Waals surface area contributed by atoms with Crippen LogP contribution in [0.2, 0.25) is 0 Å². The first kappa shape index (κ1) is 12.3. The average molecular weight is 263 g/mol. The molecule has 2 N–H and O–H groups in total. The Morgan fingerprint density at radius 2 is 2.44 bits per heavy atom. The second kappa shape index (κ2) is 5.95. The van der Waals surface area contributed by atoms with Crippen molar-refractivity contribution in [1.82, 2.24) is 15.5 Å². The number of aromatic nitrogens is 2. The van der Waals surface area contributed by atoms with E-state index in [-0.39, 0.29) is 19.1 Å².